The Hall–Kier alpha value is -1.04. The third-order valence-electron chi connectivity index (χ3n) is 4.52. The lowest BCUT2D eigenvalue weighted by molar-refractivity contribution is -0.143. The second kappa shape index (κ2) is 6.36. The minimum absolute atomic E-state index is 0.0384. The topological polar surface area (TPSA) is 21.1 Å². The molecule has 0 N–H and O–H groups in total. The van der Waals surface area contributed by atoms with Crippen LogP contribution in [-0.2, 0) is 17.4 Å². The van der Waals surface area contributed by atoms with Crippen molar-refractivity contribution in [3.05, 3.63) is 17.5 Å². The summed E-state index contributed by atoms with van der Waals surface area (Å²) < 4.78 is 39.7. The molecule has 138 valence electrons. The van der Waals surface area contributed by atoms with Crippen LogP contribution in [0.15, 0.2) is 6.07 Å². The molecule has 6 heteroatoms. The van der Waals surface area contributed by atoms with Crippen molar-refractivity contribution in [3.8, 4) is 0 Å². The van der Waals surface area contributed by atoms with Gasteiger partial charge in [0.05, 0.1) is 12.2 Å². The van der Waals surface area contributed by atoms with Gasteiger partial charge in [0.25, 0.3) is 0 Å². The van der Waals surface area contributed by atoms with Crippen LogP contribution in [0.5, 0.6) is 0 Å². The maximum absolute atomic E-state index is 12.6. The summed E-state index contributed by atoms with van der Waals surface area (Å²) in [6.07, 6.45) is -3.32. The fraction of sp³-hybridized carbons (Fsp3) is 0.833. The van der Waals surface area contributed by atoms with Crippen LogP contribution in [-0.4, -0.2) is 40.5 Å². The molecule has 0 aliphatic carbocycles. The predicted octanol–water partition coefficient (Wildman–Crippen LogP) is 4.36. The zero-order chi connectivity index (χ0) is 18.3. The van der Waals surface area contributed by atoms with Crippen LogP contribution in [0.1, 0.15) is 59.4 Å². The molecule has 1 aromatic rings. The van der Waals surface area contributed by atoms with Gasteiger partial charge in [-0.25, -0.2) is 0 Å². The van der Waals surface area contributed by atoms with E-state index in [0.29, 0.717) is 19.6 Å². The molecule has 1 aliphatic rings. The number of hydrogen-bond acceptors (Lipinski definition) is 2. The molecule has 0 bridgehead atoms. The number of nitrogens with zero attached hydrogens (tertiary/aromatic N) is 3. The summed E-state index contributed by atoms with van der Waals surface area (Å²) in [5.41, 5.74) is 2.11. The molecule has 0 saturated carbocycles. The van der Waals surface area contributed by atoms with Gasteiger partial charge in [0.2, 0.25) is 0 Å². The summed E-state index contributed by atoms with van der Waals surface area (Å²) in [7, 11) is 0. The van der Waals surface area contributed by atoms with E-state index in [0.717, 1.165) is 17.8 Å². The minimum Gasteiger partial charge on any atom is -0.295 e. The third-order valence-corrected chi connectivity index (χ3v) is 4.52. The van der Waals surface area contributed by atoms with Crippen molar-refractivity contribution in [3.63, 3.8) is 0 Å². The summed E-state index contributed by atoms with van der Waals surface area (Å²) >= 11 is 0. The zero-order valence-electron chi connectivity index (χ0n) is 15.7. The Morgan fingerprint density at radius 3 is 2.21 bits per heavy atom. The van der Waals surface area contributed by atoms with Gasteiger partial charge in [-0.1, -0.05) is 41.5 Å². The maximum Gasteiger partial charge on any atom is 0.401 e. The summed E-state index contributed by atoms with van der Waals surface area (Å²) in [6, 6.07) is 2.16. The molecule has 2 rings (SSSR count). The summed E-state index contributed by atoms with van der Waals surface area (Å²) in [5.74, 6) is 0.223. The number of hydrogen-bond donors (Lipinski definition) is 0. The van der Waals surface area contributed by atoms with Gasteiger partial charge in [-0.2, -0.15) is 18.3 Å². The Kier molecular flexibility index (Phi) is 5.11. The van der Waals surface area contributed by atoms with Crippen LogP contribution in [0, 0.1) is 5.92 Å². The number of rotatable bonds is 3. The molecular formula is C18H30F3N3. The van der Waals surface area contributed by atoms with Crippen molar-refractivity contribution in [2.45, 2.75) is 71.5 Å². The highest BCUT2D eigenvalue weighted by atomic mass is 19.4. The Morgan fingerprint density at radius 1 is 1.08 bits per heavy atom. The summed E-state index contributed by atoms with van der Waals surface area (Å²) in [4.78, 5) is 1.51. The van der Waals surface area contributed by atoms with Gasteiger partial charge in [-0.3, -0.25) is 9.58 Å². The molecule has 1 atom stereocenters. The maximum atomic E-state index is 12.6. The fourth-order valence-electron chi connectivity index (χ4n) is 3.23. The predicted molar refractivity (Wildman–Crippen MR) is 90.2 cm³/mol. The number of alkyl halides is 3. The van der Waals surface area contributed by atoms with Crippen molar-refractivity contribution >= 4 is 0 Å². The van der Waals surface area contributed by atoms with Crippen LogP contribution in [0.2, 0.25) is 0 Å². The van der Waals surface area contributed by atoms with Crippen molar-refractivity contribution in [1.82, 2.24) is 14.7 Å². The van der Waals surface area contributed by atoms with Crippen molar-refractivity contribution in [1.29, 1.82) is 0 Å². The average molecular weight is 345 g/mol. The first-order valence-corrected chi connectivity index (χ1v) is 8.63. The van der Waals surface area contributed by atoms with E-state index < -0.39 is 12.7 Å². The standard InChI is InChI=1S/C18H30F3N3/c1-16(2,3)14-9-15(17(4,5)6)24(22-14)11-13-7-8-23(10-13)12-18(19,20)21/h9,13H,7-8,10-12H2,1-6H3. The van der Waals surface area contributed by atoms with E-state index >= 15 is 0 Å². The van der Waals surface area contributed by atoms with E-state index in [4.69, 9.17) is 5.10 Å². The number of likely N-dealkylation sites (tertiary alicyclic amines) is 1. The first kappa shape index (κ1) is 19.3. The highest BCUT2D eigenvalue weighted by molar-refractivity contribution is 5.22. The first-order chi connectivity index (χ1) is 10.8. The second-order valence-electron chi connectivity index (χ2n) is 9.10. The van der Waals surface area contributed by atoms with E-state index in [9.17, 15) is 13.2 Å². The summed E-state index contributed by atoms with van der Waals surface area (Å²) in [5, 5.41) is 4.79. The molecule has 3 nitrogen and oxygen atoms in total. The molecule has 2 heterocycles. The van der Waals surface area contributed by atoms with Gasteiger partial charge in [0.1, 0.15) is 0 Å². The molecule has 1 fully saturated rings. The van der Waals surface area contributed by atoms with Crippen LogP contribution in [0.25, 0.3) is 0 Å². The molecule has 1 aromatic heterocycles. The van der Waals surface area contributed by atoms with E-state index in [-0.39, 0.29) is 16.7 Å². The smallest absolute Gasteiger partial charge is 0.295 e. The molecular weight excluding hydrogens is 315 g/mol. The SMILES string of the molecule is CC(C)(C)c1cc(C(C)(C)C)n(CC2CCN(CC(F)(F)F)C2)n1. The molecule has 1 saturated heterocycles. The monoisotopic (exact) mass is 345 g/mol. The molecule has 0 radical (unpaired) electrons. The van der Waals surface area contributed by atoms with E-state index in [1.165, 1.54) is 4.90 Å². The molecule has 0 aromatic carbocycles. The first-order valence-electron chi connectivity index (χ1n) is 8.63. The second-order valence-corrected chi connectivity index (χ2v) is 9.10. The fourth-order valence-corrected chi connectivity index (χ4v) is 3.23. The number of aromatic nitrogens is 2. The van der Waals surface area contributed by atoms with Gasteiger partial charge in [0.15, 0.2) is 0 Å². The third kappa shape index (κ3) is 4.98. The molecule has 1 unspecified atom stereocenters. The molecule has 24 heavy (non-hydrogen) atoms. The zero-order valence-corrected chi connectivity index (χ0v) is 15.7. The Bertz CT molecular complexity index is 562. The Balaban J connectivity index is 2.14. The Labute approximate surface area is 143 Å². The van der Waals surface area contributed by atoms with Gasteiger partial charge in [-0.15, -0.1) is 0 Å². The molecule has 0 spiro atoms. The van der Waals surface area contributed by atoms with Gasteiger partial charge in [0, 0.05) is 29.6 Å². The van der Waals surface area contributed by atoms with Gasteiger partial charge in [-0.05, 0) is 24.9 Å². The lowest BCUT2D eigenvalue weighted by atomic mass is 9.88. The quantitative estimate of drug-likeness (QED) is 0.811. The van der Waals surface area contributed by atoms with Crippen molar-refractivity contribution in [2.75, 3.05) is 19.6 Å². The minimum atomic E-state index is -4.11. The highest BCUT2D eigenvalue weighted by Gasteiger charge is 2.35. The van der Waals surface area contributed by atoms with Crippen LogP contribution < -0.4 is 0 Å². The van der Waals surface area contributed by atoms with Gasteiger partial charge >= 0.3 is 6.18 Å². The van der Waals surface area contributed by atoms with Crippen molar-refractivity contribution in [2.24, 2.45) is 5.92 Å². The molecule has 0 amide bonds. The van der Waals surface area contributed by atoms with Crippen molar-refractivity contribution < 1.29 is 13.2 Å². The van der Waals surface area contributed by atoms with Gasteiger partial charge < -0.3 is 0 Å². The summed E-state index contributed by atoms with van der Waals surface area (Å²) in [6.45, 7) is 13.7. The van der Waals surface area contributed by atoms with Crippen LogP contribution in [0.4, 0.5) is 13.2 Å². The largest absolute Gasteiger partial charge is 0.401 e. The van der Waals surface area contributed by atoms with E-state index in [1.807, 2.05) is 4.68 Å². The van der Waals surface area contributed by atoms with E-state index in [2.05, 4.69) is 47.6 Å². The lowest BCUT2D eigenvalue weighted by Crippen LogP contribution is -2.33. The lowest BCUT2D eigenvalue weighted by Gasteiger charge is -2.22. The average Bonchev–Trinajstić information content (AvgIpc) is 2.93. The van der Waals surface area contributed by atoms with Crippen LogP contribution in [0.3, 0.4) is 0 Å². The normalized spacial score (nSPS) is 20.8. The highest BCUT2D eigenvalue weighted by Crippen LogP contribution is 2.30. The number of halogens is 3. The Morgan fingerprint density at radius 2 is 1.71 bits per heavy atom. The molecule has 1 aliphatic heterocycles. The van der Waals surface area contributed by atoms with E-state index in [1.54, 1.807) is 0 Å². The van der Waals surface area contributed by atoms with Crippen LogP contribution >= 0.6 is 0 Å².